The summed E-state index contributed by atoms with van der Waals surface area (Å²) in [6, 6.07) is 14.9. The van der Waals surface area contributed by atoms with Gasteiger partial charge in [-0.1, -0.05) is 35.5 Å². The lowest BCUT2D eigenvalue weighted by Gasteiger charge is -2.08. The number of nitrogen functional groups attached to an aromatic ring is 1. The number of halogens is 1. The van der Waals surface area contributed by atoms with Crippen LogP contribution in [-0.2, 0) is 0 Å². The molecular formula is C18H19ClN4O2S. The molecule has 0 amide bonds. The fraction of sp³-hybridized carbons (Fsp3) is 0.222. The van der Waals surface area contributed by atoms with Crippen LogP contribution in [-0.4, -0.2) is 33.8 Å². The van der Waals surface area contributed by atoms with E-state index in [1.807, 2.05) is 49.4 Å². The van der Waals surface area contributed by atoms with Gasteiger partial charge in [0.05, 0.1) is 18.2 Å². The Balaban J connectivity index is 1.53. The van der Waals surface area contributed by atoms with Crippen LogP contribution in [0.25, 0.3) is 11.4 Å². The Morgan fingerprint density at radius 3 is 2.42 bits per heavy atom. The van der Waals surface area contributed by atoms with Crippen molar-refractivity contribution < 1.29 is 9.47 Å². The van der Waals surface area contributed by atoms with Crippen LogP contribution in [0, 0.1) is 0 Å². The molecule has 1 heterocycles. The summed E-state index contributed by atoms with van der Waals surface area (Å²) >= 11 is 7.66. The molecule has 0 fully saturated rings. The molecule has 0 unspecified atom stereocenters. The molecule has 0 saturated carbocycles. The number of thioether (sulfide) groups is 1. The molecule has 0 aliphatic carbocycles. The number of hydrogen-bond acceptors (Lipinski definition) is 6. The standard InChI is InChI=1S/C18H19ClN4O2S/c1-2-24-13-7-9-14(10-8-13)25-11-12-26-18-22-21-17(23(18)20)15-5-3-4-6-16(15)19/h3-10H,2,11-12,20H2,1H3. The Labute approximate surface area is 161 Å². The van der Waals surface area contributed by atoms with E-state index in [-0.39, 0.29) is 0 Å². The number of ether oxygens (including phenoxy) is 2. The van der Waals surface area contributed by atoms with Crippen molar-refractivity contribution in [3.63, 3.8) is 0 Å². The third-order valence-corrected chi connectivity index (χ3v) is 4.73. The summed E-state index contributed by atoms with van der Waals surface area (Å²) in [4.78, 5) is 0. The van der Waals surface area contributed by atoms with Gasteiger partial charge in [-0.05, 0) is 43.3 Å². The number of benzene rings is 2. The molecule has 0 atom stereocenters. The Kier molecular flexibility index (Phi) is 6.25. The minimum absolute atomic E-state index is 0.521. The Hall–Kier alpha value is -2.38. The number of nitrogens with zero attached hydrogens (tertiary/aromatic N) is 3. The maximum absolute atomic E-state index is 6.19. The Morgan fingerprint density at radius 1 is 1.04 bits per heavy atom. The molecule has 0 spiro atoms. The van der Waals surface area contributed by atoms with Gasteiger partial charge in [-0.15, -0.1) is 10.2 Å². The molecule has 136 valence electrons. The second-order valence-corrected chi connectivity index (χ2v) is 6.73. The van der Waals surface area contributed by atoms with E-state index >= 15 is 0 Å². The maximum Gasteiger partial charge on any atom is 0.210 e. The predicted octanol–water partition coefficient (Wildman–Crippen LogP) is 3.88. The molecule has 2 aromatic carbocycles. The molecule has 6 nitrogen and oxygen atoms in total. The topological polar surface area (TPSA) is 75.2 Å². The summed E-state index contributed by atoms with van der Waals surface area (Å²) in [5, 5.41) is 9.46. The zero-order valence-corrected chi connectivity index (χ0v) is 15.8. The highest BCUT2D eigenvalue weighted by Crippen LogP contribution is 2.27. The molecule has 2 N–H and O–H groups in total. The molecule has 3 rings (SSSR count). The number of rotatable bonds is 8. The van der Waals surface area contributed by atoms with Gasteiger partial charge in [0, 0.05) is 11.3 Å². The van der Waals surface area contributed by atoms with Crippen LogP contribution in [0.1, 0.15) is 6.92 Å². The van der Waals surface area contributed by atoms with Gasteiger partial charge >= 0.3 is 0 Å². The van der Waals surface area contributed by atoms with Crippen molar-refractivity contribution in [3.05, 3.63) is 53.6 Å². The number of hydrogen-bond donors (Lipinski definition) is 1. The van der Waals surface area contributed by atoms with Crippen molar-refractivity contribution in [2.75, 3.05) is 24.8 Å². The maximum atomic E-state index is 6.19. The molecule has 8 heteroatoms. The second kappa shape index (κ2) is 8.82. The third-order valence-electron chi connectivity index (χ3n) is 3.50. The lowest BCUT2D eigenvalue weighted by Crippen LogP contribution is -2.12. The van der Waals surface area contributed by atoms with E-state index in [0.717, 1.165) is 17.1 Å². The van der Waals surface area contributed by atoms with Crippen LogP contribution < -0.4 is 15.3 Å². The van der Waals surface area contributed by atoms with Gasteiger partial charge in [0.1, 0.15) is 11.5 Å². The van der Waals surface area contributed by atoms with E-state index in [1.54, 1.807) is 6.07 Å². The van der Waals surface area contributed by atoms with Crippen LogP contribution in [0.5, 0.6) is 11.5 Å². The van der Waals surface area contributed by atoms with Crippen molar-refractivity contribution in [1.29, 1.82) is 0 Å². The molecule has 0 saturated heterocycles. The number of nitrogens with two attached hydrogens (primary N) is 1. The average molecular weight is 391 g/mol. The molecule has 0 radical (unpaired) electrons. The molecule has 0 aliphatic heterocycles. The van der Waals surface area contributed by atoms with Crippen molar-refractivity contribution in [2.45, 2.75) is 12.1 Å². The second-order valence-electron chi connectivity index (χ2n) is 5.26. The fourth-order valence-corrected chi connectivity index (χ4v) is 3.19. The Bertz CT molecular complexity index is 855. The normalized spacial score (nSPS) is 10.7. The minimum atomic E-state index is 0.521. The Morgan fingerprint density at radius 2 is 1.73 bits per heavy atom. The van der Waals surface area contributed by atoms with E-state index in [4.69, 9.17) is 26.9 Å². The van der Waals surface area contributed by atoms with Gasteiger partial charge in [0.2, 0.25) is 5.16 Å². The first-order valence-electron chi connectivity index (χ1n) is 8.13. The lowest BCUT2D eigenvalue weighted by molar-refractivity contribution is 0.332. The zero-order valence-electron chi connectivity index (χ0n) is 14.3. The first kappa shape index (κ1) is 18.4. The van der Waals surface area contributed by atoms with Crippen LogP contribution in [0.2, 0.25) is 5.02 Å². The van der Waals surface area contributed by atoms with Crippen molar-refractivity contribution in [3.8, 4) is 22.9 Å². The van der Waals surface area contributed by atoms with E-state index in [9.17, 15) is 0 Å². The summed E-state index contributed by atoms with van der Waals surface area (Å²) in [7, 11) is 0. The summed E-state index contributed by atoms with van der Waals surface area (Å²) < 4.78 is 12.6. The summed E-state index contributed by atoms with van der Waals surface area (Å²) in [6.07, 6.45) is 0. The lowest BCUT2D eigenvalue weighted by atomic mass is 10.2. The average Bonchev–Trinajstić information content (AvgIpc) is 3.01. The van der Waals surface area contributed by atoms with E-state index < -0.39 is 0 Å². The molecule has 26 heavy (non-hydrogen) atoms. The predicted molar refractivity (Wildman–Crippen MR) is 104 cm³/mol. The van der Waals surface area contributed by atoms with Crippen molar-refractivity contribution in [1.82, 2.24) is 14.9 Å². The van der Waals surface area contributed by atoms with E-state index in [0.29, 0.717) is 35.0 Å². The van der Waals surface area contributed by atoms with Gasteiger partial charge < -0.3 is 15.3 Å². The van der Waals surface area contributed by atoms with Gasteiger partial charge in [-0.25, -0.2) is 4.68 Å². The summed E-state index contributed by atoms with van der Waals surface area (Å²) in [5.74, 6) is 8.94. The van der Waals surface area contributed by atoms with E-state index in [2.05, 4.69) is 10.2 Å². The highest BCUT2D eigenvalue weighted by molar-refractivity contribution is 7.99. The minimum Gasteiger partial charge on any atom is -0.494 e. The van der Waals surface area contributed by atoms with Crippen molar-refractivity contribution >= 4 is 23.4 Å². The van der Waals surface area contributed by atoms with Crippen LogP contribution in [0.4, 0.5) is 0 Å². The first-order chi connectivity index (χ1) is 12.7. The molecule has 1 aromatic heterocycles. The highest BCUT2D eigenvalue weighted by atomic mass is 35.5. The highest BCUT2D eigenvalue weighted by Gasteiger charge is 2.14. The summed E-state index contributed by atoms with van der Waals surface area (Å²) in [5.41, 5.74) is 0.752. The van der Waals surface area contributed by atoms with Gasteiger partial charge in [0.25, 0.3) is 0 Å². The van der Waals surface area contributed by atoms with Crippen LogP contribution >= 0.6 is 23.4 Å². The number of aromatic nitrogens is 3. The van der Waals surface area contributed by atoms with Gasteiger partial charge in [-0.2, -0.15) is 0 Å². The fourth-order valence-electron chi connectivity index (χ4n) is 2.29. The first-order valence-corrected chi connectivity index (χ1v) is 9.49. The van der Waals surface area contributed by atoms with E-state index in [1.165, 1.54) is 16.4 Å². The third kappa shape index (κ3) is 4.42. The molecule has 0 bridgehead atoms. The van der Waals surface area contributed by atoms with Crippen molar-refractivity contribution in [2.24, 2.45) is 0 Å². The largest absolute Gasteiger partial charge is 0.494 e. The molecule has 3 aromatic rings. The van der Waals surface area contributed by atoms with Crippen LogP contribution in [0.15, 0.2) is 53.7 Å². The monoisotopic (exact) mass is 390 g/mol. The smallest absolute Gasteiger partial charge is 0.210 e. The SMILES string of the molecule is CCOc1ccc(OCCSc2nnc(-c3ccccc3Cl)n2N)cc1. The molecular weight excluding hydrogens is 372 g/mol. The zero-order chi connectivity index (χ0) is 18.4. The van der Waals surface area contributed by atoms with Gasteiger partial charge in [-0.3, -0.25) is 0 Å². The quantitative estimate of drug-likeness (QED) is 0.357. The van der Waals surface area contributed by atoms with Crippen LogP contribution in [0.3, 0.4) is 0 Å². The molecule has 0 aliphatic rings. The van der Waals surface area contributed by atoms with Gasteiger partial charge in [0.15, 0.2) is 5.82 Å². The summed E-state index contributed by atoms with van der Waals surface area (Å²) in [6.45, 7) is 3.12.